The molecule has 3 rings (SSSR count). The van der Waals surface area contributed by atoms with Gasteiger partial charge in [-0.25, -0.2) is 4.98 Å². The van der Waals surface area contributed by atoms with Crippen molar-refractivity contribution in [3.63, 3.8) is 0 Å². The smallest absolute Gasteiger partial charge is 0.169 e. The molecule has 0 bridgehead atoms. The molecule has 6 nitrogen and oxygen atoms in total. The minimum absolute atomic E-state index is 0.319. The van der Waals surface area contributed by atoms with E-state index in [9.17, 15) is 0 Å². The third-order valence-electron chi connectivity index (χ3n) is 2.82. The Morgan fingerprint density at radius 2 is 2.28 bits per heavy atom. The van der Waals surface area contributed by atoms with E-state index < -0.39 is 0 Å². The lowest BCUT2D eigenvalue weighted by Gasteiger charge is -2.01. The highest BCUT2D eigenvalue weighted by Gasteiger charge is 2.25. The van der Waals surface area contributed by atoms with Crippen molar-refractivity contribution in [2.45, 2.75) is 18.9 Å². The van der Waals surface area contributed by atoms with Gasteiger partial charge in [-0.3, -0.25) is 0 Å². The Kier molecular flexibility index (Phi) is 2.38. The predicted molar refractivity (Wildman–Crippen MR) is 67.1 cm³/mol. The summed E-state index contributed by atoms with van der Waals surface area (Å²) in [6.07, 6.45) is 3.89. The highest BCUT2D eigenvalue weighted by Crippen LogP contribution is 2.29. The number of hydrogen-bond donors (Lipinski definition) is 2. The van der Waals surface area contributed by atoms with Crippen molar-refractivity contribution in [3.8, 4) is 11.9 Å². The monoisotopic (exact) mass is 240 g/mol. The SMILES string of the molecule is N#Cc1c(NC2CC2)nn(-c2ccccn2)c1N. The fraction of sp³-hybridized carbons (Fsp3) is 0.250. The molecule has 0 saturated heterocycles. The van der Waals surface area contributed by atoms with Crippen molar-refractivity contribution in [1.29, 1.82) is 5.26 Å². The molecule has 0 radical (unpaired) electrons. The lowest BCUT2D eigenvalue weighted by Crippen LogP contribution is -2.05. The summed E-state index contributed by atoms with van der Waals surface area (Å²) >= 11 is 0. The molecule has 0 atom stereocenters. The third kappa shape index (κ3) is 1.76. The number of rotatable bonds is 3. The average molecular weight is 240 g/mol. The van der Waals surface area contributed by atoms with Crippen LogP contribution in [0.2, 0.25) is 0 Å². The van der Waals surface area contributed by atoms with Crippen molar-refractivity contribution in [3.05, 3.63) is 30.0 Å². The maximum atomic E-state index is 9.15. The Balaban J connectivity index is 2.05. The van der Waals surface area contributed by atoms with Crippen LogP contribution in [-0.2, 0) is 0 Å². The van der Waals surface area contributed by atoms with E-state index in [4.69, 9.17) is 11.0 Å². The zero-order chi connectivity index (χ0) is 12.5. The number of nitrogens with zero attached hydrogens (tertiary/aromatic N) is 4. The Hall–Kier alpha value is -2.55. The zero-order valence-electron chi connectivity index (χ0n) is 9.67. The normalized spacial score (nSPS) is 14.2. The summed E-state index contributed by atoms with van der Waals surface area (Å²) in [7, 11) is 0. The summed E-state index contributed by atoms with van der Waals surface area (Å²) < 4.78 is 1.49. The predicted octanol–water partition coefficient (Wildman–Crippen LogP) is 1.30. The number of hydrogen-bond acceptors (Lipinski definition) is 5. The Morgan fingerprint density at radius 3 is 2.89 bits per heavy atom. The average Bonchev–Trinajstić information content (AvgIpc) is 3.15. The van der Waals surface area contributed by atoms with Crippen LogP contribution >= 0.6 is 0 Å². The summed E-state index contributed by atoms with van der Waals surface area (Å²) in [5.41, 5.74) is 6.32. The van der Waals surface area contributed by atoms with Gasteiger partial charge in [0.05, 0.1) is 0 Å². The summed E-state index contributed by atoms with van der Waals surface area (Å²) in [5, 5.41) is 16.7. The van der Waals surface area contributed by atoms with Gasteiger partial charge in [-0.05, 0) is 25.0 Å². The minimum atomic E-state index is 0.319. The number of pyridine rings is 1. The van der Waals surface area contributed by atoms with Gasteiger partial charge in [-0.15, -0.1) is 5.10 Å². The largest absolute Gasteiger partial charge is 0.382 e. The lowest BCUT2D eigenvalue weighted by molar-refractivity contribution is 0.855. The Labute approximate surface area is 104 Å². The molecule has 0 spiro atoms. The molecule has 0 aliphatic heterocycles. The maximum Gasteiger partial charge on any atom is 0.169 e. The van der Waals surface area contributed by atoms with Crippen molar-refractivity contribution >= 4 is 11.6 Å². The van der Waals surface area contributed by atoms with Crippen LogP contribution in [0, 0.1) is 11.3 Å². The minimum Gasteiger partial charge on any atom is -0.382 e. The molecule has 1 aliphatic carbocycles. The van der Waals surface area contributed by atoms with Crippen LogP contribution in [0.5, 0.6) is 0 Å². The number of nitriles is 1. The standard InChI is InChI=1S/C12H12N6/c13-7-9-11(14)18(10-3-1-2-6-15-10)17-12(9)16-8-4-5-8/h1-3,6,8H,4-5,14H2,(H,16,17). The van der Waals surface area contributed by atoms with Crippen LogP contribution in [0.4, 0.5) is 11.6 Å². The maximum absolute atomic E-state index is 9.15. The van der Waals surface area contributed by atoms with Gasteiger partial charge < -0.3 is 11.1 Å². The summed E-state index contributed by atoms with van der Waals surface area (Å²) in [6, 6.07) is 7.97. The molecule has 0 aromatic carbocycles. The number of nitrogens with two attached hydrogens (primary N) is 1. The summed E-state index contributed by atoms with van der Waals surface area (Å²) in [5.74, 6) is 1.47. The number of aromatic nitrogens is 3. The molecule has 0 amide bonds. The molecular formula is C12H12N6. The number of nitrogens with one attached hydrogen (secondary N) is 1. The molecule has 2 heterocycles. The van der Waals surface area contributed by atoms with Gasteiger partial charge in [0.25, 0.3) is 0 Å². The van der Waals surface area contributed by atoms with E-state index in [1.807, 2.05) is 12.1 Å². The number of nitrogen functional groups attached to an aromatic ring is 1. The zero-order valence-corrected chi connectivity index (χ0v) is 9.67. The molecule has 18 heavy (non-hydrogen) atoms. The fourth-order valence-corrected chi connectivity index (χ4v) is 1.72. The van der Waals surface area contributed by atoms with E-state index in [1.54, 1.807) is 12.3 Å². The van der Waals surface area contributed by atoms with E-state index in [2.05, 4.69) is 21.5 Å². The molecule has 6 heteroatoms. The molecule has 0 unspecified atom stereocenters. The van der Waals surface area contributed by atoms with Gasteiger partial charge in [0.1, 0.15) is 17.5 Å². The first-order valence-corrected chi connectivity index (χ1v) is 5.76. The topological polar surface area (TPSA) is 92.5 Å². The number of anilines is 2. The van der Waals surface area contributed by atoms with Crippen LogP contribution in [0.25, 0.3) is 5.82 Å². The Bertz CT molecular complexity index is 605. The second-order valence-electron chi connectivity index (χ2n) is 4.24. The van der Waals surface area contributed by atoms with E-state index in [0.717, 1.165) is 12.8 Å². The van der Waals surface area contributed by atoms with Crippen molar-refractivity contribution in [2.24, 2.45) is 0 Å². The molecular weight excluding hydrogens is 228 g/mol. The quantitative estimate of drug-likeness (QED) is 0.843. The van der Waals surface area contributed by atoms with E-state index >= 15 is 0 Å². The highest BCUT2D eigenvalue weighted by molar-refractivity contribution is 5.66. The van der Waals surface area contributed by atoms with Crippen LogP contribution < -0.4 is 11.1 Å². The molecule has 90 valence electrons. The van der Waals surface area contributed by atoms with Crippen LogP contribution in [0.15, 0.2) is 24.4 Å². The molecule has 3 N–H and O–H groups in total. The van der Waals surface area contributed by atoms with Gasteiger partial charge in [0.2, 0.25) is 0 Å². The summed E-state index contributed by atoms with van der Waals surface area (Å²) in [4.78, 5) is 4.18. The van der Waals surface area contributed by atoms with Crippen molar-refractivity contribution in [1.82, 2.24) is 14.8 Å². The Morgan fingerprint density at radius 1 is 1.44 bits per heavy atom. The molecule has 2 aromatic heterocycles. The van der Waals surface area contributed by atoms with Crippen molar-refractivity contribution in [2.75, 3.05) is 11.1 Å². The van der Waals surface area contributed by atoms with Gasteiger partial charge in [0.15, 0.2) is 11.6 Å². The third-order valence-corrected chi connectivity index (χ3v) is 2.82. The van der Waals surface area contributed by atoms with Gasteiger partial charge in [-0.2, -0.15) is 9.94 Å². The second-order valence-corrected chi connectivity index (χ2v) is 4.24. The first-order chi connectivity index (χ1) is 8.79. The molecule has 1 aliphatic rings. The molecule has 2 aromatic rings. The van der Waals surface area contributed by atoms with Crippen LogP contribution in [0.1, 0.15) is 18.4 Å². The van der Waals surface area contributed by atoms with Crippen LogP contribution in [0.3, 0.4) is 0 Å². The molecule has 1 fully saturated rings. The van der Waals surface area contributed by atoms with E-state index in [-0.39, 0.29) is 0 Å². The first-order valence-electron chi connectivity index (χ1n) is 5.76. The van der Waals surface area contributed by atoms with Gasteiger partial charge in [-0.1, -0.05) is 6.07 Å². The summed E-state index contributed by atoms with van der Waals surface area (Å²) in [6.45, 7) is 0. The van der Waals surface area contributed by atoms with E-state index in [0.29, 0.717) is 29.1 Å². The first kappa shape index (κ1) is 10.6. The molecule has 1 saturated carbocycles. The lowest BCUT2D eigenvalue weighted by atomic mass is 10.3. The van der Waals surface area contributed by atoms with Crippen molar-refractivity contribution < 1.29 is 0 Å². The van der Waals surface area contributed by atoms with E-state index in [1.165, 1.54) is 4.68 Å². The van der Waals surface area contributed by atoms with Gasteiger partial charge in [0, 0.05) is 12.2 Å². The highest BCUT2D eigenvalue weighted by atomic mass is 15.4. The second kappa shape index (κ2) is 4.04. The van der Waals surface area contributed by atoms with Crippen LogP contribution in [-0.4, -0.2) is 20.8 Å². The van der Waals surface area contributed by atoms with Gasteiger partial charge >= 0.3 is 0 Å². The fourth-order valence-electron chi connectivity index (χ4n) is 1.72.